The highest BCUT2D eigenvalue weighted by Gasteiger charge is 2.25. The van der Waals surface area contributed by atoms with E-state index in [2.05, 4.69) is 10.2 Å². The van der Waals surface area contributed by atoms with Crippen molar-refractivity contribution in [2.24, 2.45) is 0 Å². The molecule has 0 radical (unpaired) electrons. The van der Waals surface area contributed by atoms with Gasteiger partial charge in [0.25, 0.3) is 5.91 Å². The fourth-order valence-electron chi connectivity index (χ4n) is 2.03. The van der Waals surface area contributed by atoms with Gasteiger partial charge in [0.15, 0.2) is 5.75 Å². The maximum Gasteiger partial charge on any atom is 0.310 e. The first-order valence-electron chi connectivity index (χ1n) is 5.83. The highest BCUT2D eigenvalue weighted by atomic mass is 16.6. The topological polar surface area (TPSA) is 84.7 Å². The van der Waals surface area contributed by atoms with Crippen LogP contribution in [0.3, 0.4) is 0 Å². The Balaban J connectivity index is 2.11. The Bertz CT molecular complexity index is 512. The molecule has 19 heavy (non-hydrogen) atoms. The lowest BCUT2D eigenvalue weighted by atomic mass is 10.1. The van der Waals surface area contributed by atoms with E-state index in [1.807, 2.05) is 7.05 Å². The summed E-state index contributed by atoms with van der Waals surface area (Å²) in [5.41, 5.74) is 0.208. The van der Waals surface area contributed by atoms with Crippen molar-refractivity contribution in [3.63, 3.8) is 0 Å². The van der Waals surface area contributed by atoms with Gasteiger partial charge in [0.2, 0.25) is 0 Å². The molecule has 7 heteroatoms. The molecule has 0 saturated carbocycles. The van der Waals surface area contributed by atoms with Gasteiger partial charge in [-0.1, -0.05) is 0 Å². The molecule has 102 valence electrons. The second-order valence-electron chi connectivity index (χ2n) is 4.54. The van der Waals surface area contributed by atoms with E-state index in [1.54, 1.807) is 0 Å². The van der Waals surface area contributed by atoms with Crippen LogP contribution >= 0.6 is 0 Å². The smallest absolute Gasteiger partial charge is 0.310 e. The molecule has 1 N–H and O–H groups in total. The first-order valence-corrected chi connectivity index (χ1v) is 5.83. The van der Waals surface area contributed by atoms with Crippen molar-refractivity contribution in [1.29, 1.82) is 0 Å². The SMILES string of the molecule is COc1cc(C(=O)NC2CN(C)C2)ccc1[N+](=O)[O-]. The fraction of sp³-hybridized carbons (Fsp3) is 0.417. The van der Waals surface area contributed by atoms with Gasteiger partial charge in [-0.25, -0.2) is 0 Å². The lowest BCUT2D eigenvalue weighted by Crippen LogP contribution is -2.57. The van der Waals surface area contributed by atoms with Crippen LogP contribution < -0.4 is 10.1 Å². The van der Waals surface area contributed by atoms with Gasteiger partial charge in [-0.2, -0.15) is 0 Å². The molecule has 1 heterocycles. The highest BCUT2D eigenvalue weighted by Crippen LogP contribution is 2.27. The number of nitrogens with zero attached hydrogens (tertiary/aromatic N) is 2. The number of nitro groups is 1. The largest absolute Gasteiger partial charge is 0.490 e. The van der Waals surface area contributed by atoms with Gasteiger partial charge in [-0.05, 0) is 13.1 Å². The third kappa shape index (κ3) is 2.82. The predicted octanol–water partition coefficient (Wildman–Crippen LogP) is 0.647. The Morgan fingerprint density at radius 2 is 2.21 bits per heavy atom. The summed E-state index contributed by atoms with van der Waals surface area (Å²) in [6, 6.07) is 4.23. The van der Waals surface area contributed by atoms with E-state index in [4.69, 9.17) is 4.74 Å². The van der Waals surface area contributed by atoms with Gasteiger partial charge in [-0.3, -0.25) is 14.9 Å². The third-order valence-corrected chi connectivity index (χ3v) is 3.04. The number of methoxy groups -OCH3 is 1. The zero-order valence-electron chi connectivity index (χ0n) is 10.8. The Morgan fingerprint density at radius 1 is 1.53 bits per heavy atom. The summed E-state index contributed by atoms with van der Waals surface area (Å²) in [5.74, 6) is -0.158. The van der Waals surface area contributed by atoms with E-state index in [-0.39, 0.29) is 23.4 Å². The number of amides is 1. The summed E-state index contributed by atoms with van der Waals surface area (Å²) in [6.07, 6.45) is 0. The van der Waals surface area contributed by atoms with E-state index >= 15 is 0 Å². The molecule has 1 aliphatic heterocycles. The molecular formula is C12H15N3O4. The van der Waals surface area contributed by atoms with Crippen molar-refractivity contribution < 1.29 is 14.5 Å². The summed E-state index contributed by atoms with van der Waals surface area (Å²) in [4.78, 5) is 24.2. The number of carbonyl (C=O) groups is 1. The van der Waals surface area contributed by atoms with Crippen LogP contribution in [-0.2, 0) is 0 Å². The summed E-state index contributed by atoms with van der Waals surface area (Å²) in [6.45, 7) is 1.63. The summed E-state index contributed by atoms with van der Waals surface area (Å²) in [5, 5.41) is 13.6. The zero-order valence-corrected chi connectivity index (χ0v) is 10.8. The number of nitrogens with one attached hydrogen (secondary N) is 1. The van der Waals surface area contributed by atoms with Crippen LogP contribution in [0.2, 0.25) is 0 Å². The van der Waals surface area contributed by atoms with Gasteiger partial charge in [0, 0.05) is 30.8 Å². The average molecular weight is 265 g/mol. The van der Waals surface area contributed by atoms with Gasteiger partial charge in [0.1, 0.15) is 0 Å². The lowest BCUT2D eigenvalue weighted by molar-refractivity contribution is -0.385. The second kappa shape index (κ2) is 5.23. The van der Waals surface area contributed by atoms with Crippen LogP contribution in [0, 0.1) is 10.1 Å². The molecule has 2 rings (SSSR count). The molecule has 0 aliphatic carbocycles. The molecule has 0 aromatic heterocycles. The molecule has 0 unspecified atom stereocenters. The monoisotopic (exact) mass is 265 g/mol. The van der Waals surface area contributed by atoms with Gasteiger partial charge in [0.05, 0.1) is 18.1 Å². The van der Waals surface area contributed by atoms with E-state index in [9.17, 15) is 14.9 Å². The quantitative estimate of drug-likeness (QED) is 0.638. The third-order valence-electron chi connectivity index (χ3n) is 3.04. The van der Waals surface area contributed by atoms with Crippen LogP contribution in [0.5, 0.6) is 5.75 Å². The number of ether oxygens (including phenoxy) is 1. The molecule has 0 bridgehead atoms. The Labute approximate surface area is 110 Å². The minimum atomic E-state index is -0.540. The minimum absolute atomic E-state index is 0.0865. The lowest BCUT2D eigenvalue weighted by Gasteiger charge is -2.36. The Hall–Kier alpha value is -2.15. The second-order valence-corrected chi connectivity index (χ2v) is 4.54. The first kappa shape index (κ1) is 13.3. The molecule has 1 aromatic carbocycles. The number of hydrogen-bond donors (Lipinski definition) is 1. The molecular weight excluding hydrogens is 250 g/mol. The molecule has 1 aromatic rings. The molecule has 0 spiro atoms. The summed E-state index contributed by atoms with van der Waals surface area (Å²) in [7, 11) is 3.31. The van der Waals surface area contributed by atoms with Crippen molar-refractivity contribution in [1.82, 2.24) is 10.2 Å². The molecule has 1 amide bonds. The minimum Gasteiger partial charge on any atom is -0.490 e. The number of benzene rings is 1. The summed E-state index contributed by atoms with van der Waals surface area (Å²) >= 11 is 0. The van der Waals surface area contributed by atoms with E-state index < -0.39 is 4.92 Å². The van der Waals surface area contributed by atoms with E-state index in [1.165, 1.54) is 25.3 Å². The van der Waals surface area contributed by atoms with Crippen LogP contribution in [0.1, 0.15) is 10.4 Å². The molecule has 1 fully saturated rings. The Kier molecular flexibility index (Phi) is 3.66. The number of nitro benzene ring substituents is 1. The number of likely N-dealkylation sites (N-methyl/N-ethyl adjacent to an activating group) is 1. The van der Waals surface area contributed by atoms with Gasteiger partial charge >= 0.3 is 5.69 Å². The van der Waals surface area contributed by atoms with Crippen LogP contribution in [0.15, 0.2) is 18.2 Å². The zero-order chi connectivity index (χ0) is 14.0. The van der Waals surface area contributed by atoms with Crippen molar-refractivity contribution in [3.05, 3.63) is 33.9 Å². The van der Waals surface area contributed by atoms with Crippen molar-refractivity contribution in [2.45, 2.75) is 6.04 Å². The number of likely N-dealkylation sites (tertiary alicyclic amines) is 1. The van der Waals surface area contributed by atoms with Crippen LogP contribution in [0.25, 0.3) is 0 Å². The van der Waals surface area contributed by atoms with Crippen molar-refractivity contribution in [3.8, 4) is 5.75 Å². The average Bonchev–Trinajstić information content (AvgIpc) is 2.35. The molecule has 1 aliphatic rings. The standard InChI is InChI=1S/C12H15N3O4/c1-14-6-9(7-14)13-12(16)8-3-4-10(15(17)18)11(5-8)19-2/h3-5,9H,6-7H2,1-2H3,(H,13,16). The van der Waals surface area contributed by atoms with Crippen molar-refractivity contribution >= 4 is 11.6 Å². The van der Waals surface area contributed by atoms with Gasteiger partial charge < -0.3 is 15.0 Å². The molecule has 7 nitrogen and oxygen atoms in total. The number of hydrogen-bond acceptors (Lipinski definition) is 5. The van der Waals surface area contributed by atoms with Crippen molar-refractivity contribution in [2.75, 3.05) is 27.2 Å². The highest BCUT2D eigenvalue weighted by molar-refractivity contribution is 5.95. The fourth-order valence-corrected chi connectivity index (χ4v) is 2.03. The normalized spacial score (nSPS) is 15.7. The number of carbonyl (C=O) groups excluding carboxylic acids is 1. The Morgan fingerprint density at radius 3 is 2.74 bits per heavy atom. The first-order chi connectivity index (χ1) is 9.01. The predicted molar refractivity (Wildman–Crippen MR) is 68.4 cm³/mol. The van der Waals surface area contributed by atoms with Crippen LogP contribution in [0.4, 0.5) is 5.69 Å². The molecule has 0 atom stereocenters. The molecule has 1 saturated heterocycles. The van der Waals surface area contributed by atoms with Gasteiger partial charge in [-0.15, -0.1) is 0 Å². The van der Waals surface area contributed by atoms with E-state index in [0.29, 0.717) is 5.56 Å². The van der Waals surface area contributed by atoms with E-state index in [0.717, 1.165) is 13.1 Å². The maximum atomic E-state index is 11.9. The summed E-state index contributed by atoms with van der Waals surface area (Å²) < 4.78 is 4.93. The number of rotatable bonds is 4. The van der Waals surface area contributed by atoms with Crippen LogP contribution in [-0.4, -0.2) is 49.0 Å². The maximum absolute atomic E-state index is 11.9.